The van der Waals surface area contributed by atoms with Crippen molar-refractivity contribution in [2.75, 3.05) is 11.9 Å². The average Bonchev–Trinajstić information content (AvgIpc) is 2.81. The molecule has 0 aliphatic heterocycles. The zero-order valence-corrected chi connectivity index (χ0v) is 10.5. The van der Waals surface area contributed by atoms with Crippen molar-refractivity contribution < 1.29 is 4.39 Å². The van der Waals surface area contributed by atoms with Crippen molar-refractivity contribution in [2.24, 2.45) is 5.73 Å². The molecule has 0 atom stereocenters. The Balaban J connectivity index is 2.05. The van der Waals surface area contributed by atoms with Crippen LogP contribution in [-0.2, 0) is 6.54 Å². The van der Waals surface area contributed by atoms with E-state index in [0.29, 0.717) is 12.2 Å². The molecule has 0 unspecified atom stereocenters. The van der Waals surface area contributed by atoms with E-state index in [1.54, 1.807) is 24.7 Å². The van der Waals surface area contributed by atoms with E-state index in [-0.39, 0.29) is 10.6 Å². The number of nitrogens with one attached hydrogen (secondary N) is 1. The minimum Gasteiger partial charge on any atom is -0.389 e. The van der Waals surface area contributed by atoms with Crippen LogP contribution in [-0.4, -0.2) is 21.1 Å². The lowest BCUT2D eigenvalue weighted by Crippen LogP contribution is -2.17. The maximum Gasteiger partial charge on any atom is 0.135 e. The van der Waals surface area contributed by atoms with Gasteiger partial charge in [0.1, 0.15) is 10.8 Å². The summed E-state index contributed by atoms with van der Waals surface area (Å²) in [4.78, 5) is 4.00. The molecule has 0 aliphatic carbocycles. The largest absolute Gasteiger partial charge is 0.389 e. The number of hydrogen-bond donors (Lipinski definition) is 2. The molecule has 3 N–H and O–H groups in total. The third-order valence-electron chi connectivity index (χ3n) is 2.50. The van der Waals surface area contributed by atoms with Gasteiger partial charge in [-0.2, -0.15) is 0 Å². The molecule has 2 aromatic rings. The van der Waals surface area contributed by atoms with Crippen molar-refractivity contribution in [1.29, 1.82) is 0 Å². The van der Waals surface area contributed by atoms with E-state index in [1.165, 1.54) is 6.07 Å². The van der Waals surface area contributed by atoms with Crippen LogP contribution in [0.4, 0.5) is 10.1 Å². The number of nitrogens with zero attached hydrogens (tertiary/aromatic N) is 2. The van der Waals surface area contributed by atoms with Crippen molar-refractivity contribution in [3.63, 3.8) is 0 Å². The lowest BCUT2D eigenvalue weighted by molar-refractivity contribution is 0.625. The van der Waals surface area contributed by atoms with Gasteiger partial charge in [-0.25, -0.2) is 9.37 Å². The Labute approximate surface area is 110 Å². The number of halogens is 1. The number of benzene rings is 1. The molecule has 0 bridgehead atoms. The van der Waals surface area contributed by atoms with Crippen molar-refractivity contribution in [3.05, 3.63) is 48.3 Å². The third kappa shape index (κ3) is 2.84. The van der Waals surface area contributed by atoms with E-state index in [2.05, 4.69) is 10.3 Å². The van der Waals surface area contributed by atoms with E-state index < -0.39 is 5.82 Å². The summed E-state index contributed by atoms with van der Waals surface area (Å²) in [5.41, 5.74) is 6.39. The number of aromatic nitrogens is 2. The maximum atomic E-state index is 13.6. The average molecular weight is 264 g/mol. The molecule has 2 rings (SSSR count). The molecule has 0 amide bonds. The Morgan fingerprint density at radius 2 is 2.33 bits per heavy atom. The molecular formula is C12H13FN4S. The summed E-state index contributed by atoms with van der Waals surface area (Å²) in [6.45, 7) is 1.36. The highest BCUT2D eigenvalue weighted by atomic mass is 32.1. The smallest absolute Gasteiger partial charge is 0.135 e. The van der Waals surface area contributed by atoms with Gasteiger partial charge in [0.2, 0.25) is 0 Å². The van der Waals surface area contributed by atoms with Gasteiger partial charge in [0, 0.05) is 31.2 Å². The van der Waals surface area contributed by atoms with Gasteiger partial charge in [-0.15, -0.1) is 0 Å². The van der Waals surface area contributed by atoms with E-state index >= 15 is 0 Å². The van der Waals surface area contributed by atoms with Crippen LogP contribution in [0.3, 0.4) is 0 Å². The van der Waals surface area contributed by atoms with Gasteiger partial charge in [-0.1, -0.05) is 18.3 Å². The predicted molar refractivity (Wildman–Crippen MR) is 73.0 cm³/mol. The summed E-state index contributed by atoms with van der Waals surface area (Å²) in [7, 11) is 0. The summed E-state index contributed by atoms with van der Waals surface area (Å²) in [5, 5.41) is 3.12. The molecule has 0 saturated heterocycles. The molecule has 1 aromatic heterocycles. The molecule has 1 aromatic carbocycles. The summed E-state index contributed by atoms with van der Waals surface area (Å²) < 4.78 is 15.5. The Kier molecular flexibility index (Phi) is 3.88. The van der Waals surface area contributed by atoms with Crippen molar-refractivity contribution >= 4 is 22.9 Å². The molecule has 0 radical (unpaired) electrons. The Morgan fingerprint density at radius 3 is 3.00 bits per heavy atom. The molecule has 94 valence electrons. The highest BCUT2D eigenvalue weighted by molar-refractivity contribution is 7.80. The first-order valence-corrected chi connectivity index (χ1v) is 5.87. The zero-order chi connectivity index (χ0) is 13.0. The first kappa shape index (κ1) is 12.5. The second-order valence-corrected chi connectivity index (χ2v) is 4.19. The van der Waals surface area contributed by atoms with Crippen LogP contribution in [0.5, 0.6) is 0 Å². The summed E-state index contributed by atoms with van der Waals surface area (Å²) in [6, 6.07) is 4.72. The summed E-state index contributed by atoms with van der Waals surface area (Å²) in [5.74, 6) is -0.407. The summed E-state index contributed by atoms with van der Waals surface area (Å²) in [6.07, 6.45) is 5.30. The Hall–Kier alpha value is -1.95. The van der Waals surface area contributed by atoms with Gasteiger partial charge in [-0.05, 0) is 12.1 Å². The normalized spacial score (nSPS) is 10.3. The number of rotatable bonds is 5. The van der Waals surface area contributed by atoms with Crippen LogP contribution >= 0.6 is 12.2 Å². The predicted octanol–water partition coefficient (Wildman–Crippen LogP) is 1.77. The number of hydrogen-bond acceptors (Lipinski definition) is 3. The van der Waals surface area contributed by atoms with Crippen LogP contribution in [0.1, 0.15) is 5.56 Å². The molecule has 6 heteroatoms. The lowest BCUT2D eigenvalue weighted by Gasteiger charge is -2.12. The molecule has 4 nitrogen and oxygen atoms in total. The minimum atomic E-state index is -0.407. The van der Waals surface area contributed by atoms with Crippen LogP contribution in [0.25, 0.3) is 0 Å². The molecule has 0 saturated carbocycles. The van der Waals surface area contributed by atoms with Gasteiger partial charge in [0.25, 0.3) is 0 Å². The van der Waals surface area contributed by atoms with Crippen molar-refractivity contribution in [2.45, 2.75) is 6.54 Å². The van der Waals surface area contributed by atoms with Gasteiger partial charge in [0.05, 0.1) is 11.9 Å². The molecule has 18 heavy (non-hydrogen) atoms. The minimum absolute atomic E-state index is 0.0539. The fourth-order valence-corrected chi connectivity index (χ4v) is 1.87. The van der Waals surface area contributed by atoms with Gasteiger partial charge >= 0.3 is 0 Å². The van der Waals surface area contributed by atoms with E-state index in [4.69, 9.17) is 18.0 Å². The van der Waals surface area contributed by atoms with Gasteiger partial charge in [-0.3, -0.25) is 0 Å². The fraction of sp³-hybridized carbons (Fsp3) is 0.167. The molecule has 1 heterocycles. The quantitative estimate of drug-likeness (QED) is 0.808. The van der Waals surface area contributed by atoms with Crippen LogP contribution in [0.15, 0.2) is 36.9 Å². The lowest BCUT2D eigenvalue weighted by atomic mass is 10.1. The van der Waals surface area contributed by atoms with Crippen LogP contribution in [0, 0.1) is 5.82 Å². The van der Waals surface area contributed by atoms with Crippen molar-refractivity contribution in [1.82, 2.24) is 9.55 Å². The Morgan fingerprint density at radius 1 is 1.50 bits per heavy atom. The number of thiocarbonyl (C=S) groups is 1. The summed E-state index contributed by atoms with van der Waals surface area (Å²) >= 11 is 4.85. The number of nitrogens with two attached hydrogens (primary N) is 1. The van der Waals surface area contributed by atoms with Crippen molar-refractivity contribution in [3.8, 4) is 0 Å². The number of anilines is 1. The van der Waals surface area contributed by atoms with E-state index in [0.717, 1.165) is 6.54 Å². The molecule has 0 aliphatic rings. The molecule has 0 fully saturated rings. The van der Waals surface area contributed by atoms with Crippen LogP contribution < -0.4 is 11.1 Å². The zero-order valence-electron chi connectivity index (χ0n) is 9.64. The van der Waals surface area contributed by atoms with Gasteiger partial charge < -0.3 is 15.6 Å². The SMILES string of the molecule is NC(=S)c1c(F)cccc1NCCn1ccnc1. The third-order valence-corrected chi connectivity index (χ3v) is 2.71. The topological polar surface area (TPSA) is 55.9 Å². The first-order chi connectivity index (χ1) is 8.68. The van der Waals surface area contributed by atoms with Gasteiger partial charge in [0.15, 0.2) is 0 Å². The van der Waals surface area contributed by atoms with Crippen LogP contribution in [0.2, 0.25) is 0 Å². The highest BCUT2D eigenvalue weighted by Gasteiger charge is 2.10. The monoisotopic (exact) mass is 264 g/mol. The standard InChI is InChI=1S/C12H13FN4S/c13-9-2-1-3-10(11(9)12(14)18)16-5-7-17-6-4-15-8-17/h1-4,6,8,16H,5,7H2,(H2,14,18). The Bertz CT molecular complexity index is 539. The maximum absolute atomic E-state index is 13.6. The second kappa shape index (κ2) is 5.59. The molecule has 0 spiro atoms. The first-order valence-electron chi connectivity index (χ1n) is 5.46. The fourth-order valence-electron chi connectivity index (χ4n) is 1.66. The van der Waals surface area contributed by atoms with E-state index in [9.17, 15) is 4.39 Å². The highest BCUT2D eigenvalue weighted by Crippen LogP contribution is 2.18. The van der Waals surface area contributed by atoms with E-state index in [1.807, 2.05) is 10.8 Å². The number of imidazole rings is 1. The second-order valence-electron chi connectivity index (χ2n) is 3.75. The molecular weight excluding hydrogens is 251 g/mol.